The van der Waals surface area contributed by atoms with Crippen LogP contribution in [0, 0.1) is 11.3 Å². The number of para-hydroxylation sites is 5. The number of benzene rings is 7. The fourth-order valence-corrected chi connectivity index (χ4v) is 7.12. The van der Waals surface area contributed by atoms with Gasteiger partial charge < -0.3 is 9.13 Å². The van der Waals surface area contributed by atoms with Gasteiger partial charge in [-0.2, -0.15) is 5.26 Å². The number of nitrogens with zero attached hydrogens (tertiary/aromatic N) is 3. The molecule has 0 N–H and O–H groups in total. The van der Waals surface area contributed by atoms with Crippen LogP contribution in [0.2, 0.25) is 0 Å². The average Bonchev–Trinajstić information content (AvgIpc) is 3.64. The van der Waals surface area contributed by atoms with Gasteiger partial charge in [0.2, 0.25) is 0 Å². The first-order valence-electron chi connectivity index (χ1n) is 15.5. The molecule has 0 saturated carbocycles. The van der Waals surface area contributed by atoms with Crippen LogP contribution in [-0.2, 0) is 0 Å². The van der Waals surface area contributed by atoms with Crippen LogP contribution in [-0.4, -0.2) is 9.13 Å². The molecule has 0 unspecified atom stereocenters. The Morgan fingerprint density at radius 2 is 0.913 bits per heavy atom. The van der Waals surface area contributed by atoms with E-state index in [1.165, 1.54) is 38.1 Å². The van der Waals surface area contributed by atoms with Gasteiger partial charge in [-0.15, -0.1) is 0 Å². The van der Waals surface area contributed by atoms with Gasteiger partial charge >= 0.3 is 0 Å². The summed E-state index contributed by atoms with van der Waals surface area (Å²) in [5.41, 5.74) is 11.7. The summed E-state index contributed by atoms with van der Waals surface area (Å²) in [6, 6.07) is 60.1. The highest BCUT2D eigenvalue weighted by atomic mass is 15.0. The molecule has 0 aliphatic rings. The van der Waals surface area contributed by atoms with Gasteiger partial charge in [0.15, 0.2) is 0 Å². The minimum absolute atomic E-state index is 0.647. The first-order valence-corrected chi connectivity index (χ1v) is 15.5. The lowest BCUT2D eigenvalue weighted by molar-refractivity contribution is 1.17. The van der Waals surface area contributed by atoms with E-state index < -0.39 is 0 Å². The Hall–Kier alpha value is -6.37. The number of hydrogen-bond donors (Lipinski definition) is 0. The molecule has 0 radical (unpaired) electrons. The summed E-state index contributed by atoms with van der Waals surface area (Å²) < 4.78 is 4.60. The Morgan fingerprint density at radius 1 is 0.391 bits per heavy atom. The molecule has 0 aliphatic carbocycles. The molecule has 0 atom stereocenters. The number of aromatic nitrogens is 2. The highest BCUT2D eigenvalue weighted by molar-refractivity contribution is 6.11. The van der Waals surface area contributed by atoms with Crippen molar-refractivity contribution in [1.82, 2.24) is 9.13 Å². The molecule has 0 saturated heterocycles. The second-order valence-corrected chi connectivity index (χ2v) is 11.7. The third-order valence-electron chi connectivity index (χ3n) is 9.18. The molecule has 0 spiro atoms. The highest BCUT2D eigenvalue weighted by Crippen LogP contribution is 2.39. The fraction of sp³-hybridized carbons (Fsp3) is 0. The third kappa shape index (κ3) is 3.91. The molecule has 0 amide bonds. The number of hydrogen-bond acceptors (Lipinski definition) is 1. The van der Waals surface area contributed by atoms with E-state index in [1.54, 1.807) is 0 Å². The summed E-state index contributed by atoms with van der Waals surface area (Å²) in [6.07, 6.45) is 0. The topological polar surface area (TPSA) is 33.6 Å². The Morgan fingerprint density at radius 3 is 1.57 bits per heavy atom. The van der Waals surface area contributed by atoms with Crippen molar-refractivity contribution in [3.8, 4) is 39.7 Å². The van der Waals surface area contributed by atoms with Crippen molar-refractivity contribution in [3.05, 3.63) is 169 Å². The van der Waals surface area contributed by atoms with Crippen molar-refractivity contribution in [3.63, 3.8) is 0 Å². The summed E-state index contributed by atoms with van der Waals surface area (Å²) in [4.78, 5) is 0. The third-order valence-corrected chi connectivity index (χ3v) is 9.18. The zero-order valence-corrected chi connectivity index (χ0v) is 24.9. The summed E-state index contributed by atoms with van der Waals surface area (Å²) in [5.74, 6) is 0. The number of nitriles is 1. The van der Waals surface area contributed by atoms with Gasteiger partial charge in [-0.05, 0) is 65.2 Å². The van der Waals surface area contributed by atoms with Gasteiger partial charge in [0.1, 0.15) is 6.07 Å². The predicted octanol–water partition coefficient (Wildman–Crippen LogP) is 11.1. The Balaban J connectivity index is 1.19. The standard InChI is InChI=1S/C43H27N3/c44-28-32-11-10-17-34(43(32)46-40-19-8-4-14-35(40)36-15-5-9-20-41(36)46)30-23-21-29(22-24-30)31-25-26-42-38(27-31)37-16-6-7-18-39(37)45(42)33-12-2-1-3-13-33/h1-27H. The van der Waals surface area contributed by atoms with E-state index in [0.717, 1.165) is 39.1 Å². The van der Waals surface area contributed by atoms with Gasteiger partial charge in [-0.1, -0.05) is 115 Å². The van der Waals surface area contributed by atoms with E-state index >= 15 is 0 Å². The van der Waals surface area contributed by atoms with Crippen LogP contribution in [0.25, 0.3) is 77.2 Å². The van der Waals surface area contributed by atoms with Gasteiger partial charge in [0.25, 0.3) is 0 Å². The zero-order valence-electron chi connectivity index (χ0n) is 24.9. The van der Waals surface area contributed by atoms with Crippen molar-refractivity contribution < 1.29 is 0 Å². The Bertz CT molecular complexity index is 2580. The predicted molar refractivity (Wildman–Crippen MR) is 191 cm³/mol. The minimum atomic E-state index is 0.647. The van der Waals surface area contributed by atoms with Crippen molar-refractivity contribution in [1.29, 1.82) is 5.26 Å². The average molecular weight is 586 g/mol. The van der Waals surface area contributed by atoms with Crippen molar-refractivity contribution in [2.45, 2.75) is 0 Å². The zero-order chi connectivity index (χ0) is 30.6. The van der Waals surface area contributed by atoms with Crippen LogP contribution in [0.5, 0.6) is 0 Å². The molecule has 3 nitrogen and oxygen atoms in total. The van der Waals surface area contributed by atoms with E-state index in [9.17, 15) is 5.26 Å². The van der Waals surface area contributed by atoms with Crippen LogP contribution in [0.3, 0.4) is 0 Å². The van der Waals surface area contributed by atoms with Crippen molar-refractivity contribution >= 4 is 43.6 Å². The van der Waals surface area contributed by atoms with Crippen molar-refractivity contribution in [2.75, 3.05) is 0 Å². The minimum Gasteiger partial charge on any atom is -0.309 e. The molecule has 3 heteroatoms. The van der Waals surface area contributed by atoms with Crippen molar-refractivity contribution in [2.24, 2.45) is 0 Å². The lowest BCUT2D eigenvalue weighted by atomic mass is 9.96. The Kier molecular flexibility index (Phi) is 5.88. The molecular formula is C43H27N3. The normalized spacial score (nSPS) is 11.5. The smallest absolute Gasteiger partial charge is 0.101 e. The maximum atomic E-state index is 10.3. The van der Waals surface area contributed by atoms with Crippen LogP contribution in [0.1, 0.15) is 5.56 Å². The maximum Gasteiger partial charge on any atom is 0.101 e. The highest BCUT2D eigenvalue weighted by Gasteiger charge is 2.19. The van der Waals surface area contributed by atoms with Gasteiger partial charge in [0, 0.05) is 32.8 Å². The van der Waals surface area contributed by atoms with Crippen LogP contribution in [0.4, 0.5) is 0 Å². The van der Waals surface area contributed by atoms with E-state index in [-0.39, 0.29) is 0 Å². The molecule has 0 aliphatic heterocycles. The van der Waals surface area contributed by atoms with E-state index in [0.29, 0.717) is 5.56 Å². The molecule has 2 aromatic heterocycles. The SMILES string of the molecule is N#Cc1cccc(-c2ccc(-c3ccc4c(c3)c3ccccc3n4-c3ccccc3)cc2)c1-n1c2ccccc2c2ccccc21. The van der Waals surface area contributed by atoms with Crippen LogP contribution < -0.4 is 0 Å². The number of rotatable bonds is 4. The van der Waals surface area contributed by atoms with Gasteiger partial charge in [-0.3, -0.25) is 0 Å². The second-order valence-electron chi connectivity index (χ2n) is 11.7. The molecule has 7 aromatic carbocycles. The van der Waals surface area contributed by atoms with Gasteiger partial charge in [-0.25, -0.2) is 0 Å². The first kappa shape index (κ1) is 26.1. The number of fused-ring (bicyclic) bond motifs is 6. The summed E-state index contributed by atoms with van der Waals surface area (Å²) >= 11 is 0. The van der Waals surface area contributed by atoms with Crippen LogP contribution >= 0.6 is 0 Å². The molecule has 214 valence electrons. The largest absolute Gasteiger partial charge is 0.309 e. The van der Waals surface area contributed by atoms with E-state index in [4.69, 9.17) is 0 Å². The van der Waals surface area contributed by atoms with Crippen LogP contribution in [0.15, 0.2) is 164 Å². The molecule has 9 rings (SSSR count). The first-order chi connectivity index (χ1) is 22.8. The molecule has 9 aromatic rings. The lowest BCUT2D eigenvalue weighted by Crippen LogP contribution is -2.00. The summed E-state index contributed by atoms with van der Waals surface area (Å²) in [6.45, 7) is 0. The molecule has 2 heterocycles. The quantitative estimate of drug-likeness (QED) is 0.202. The molecule has 0 bridgehead atoms. The van der Waals surface area contributed by atoms with E-state index in [2.05, 4.69) is 167 Å². The summed E-state index contributed by atoms with van der Waals surface area (Å²) in [7, 11) is 0. The summed E-state index contributed by atoms with van der Waals surface area (Å²) in [5, 5.41) is 15.1. The molecule has 46 heavy (non-hydrogen) atoms. The van der Waals surface area contributed by atoms with E-state index in [1.807, 2.05) is 12.1 Å². The fourth-order valence-electron chi connectivity index (χ4n) is 7.12. The second kappa shape index (κ2) is 10.4. The van der Waals surface area contributed by atoms with Gasteiger partial charge in [0.05, 0.1) is 33.3 Å². The molecule has 0 fully saturated rings. The Labute approximate surface area is 266 Å². The molecular weight excluding hydrogens is 558 g/mol. The lowest BCUT2D eigenvalue weighted by Gasteiger charge is -2.16. The monoisotopic (exact) mass is 585 g/mol. The maximum absolute atomic E-state index is 10.3.